The van der Waals surface area contributed by atoms with Crippen molar-refractivity contribution in [3.63, 3.8) is 0 Å². The van der Waals surface area contributed by atoms with Crippen molar-refractivity contribution in [3.8, 4) is 0 Å². The summed E-state index contributed by atoms with van der Waals surface area (Å²) in [5.41, 5.74) is 9.38. The second kappa shape index (κ2) is 5.89. The monoisotopic (exact) mass is 273 g/mol. The van der Waals surface area contributed by atoms with Gasteiger partial charge in [-0.05, 0) is 42.3 Å². The van der Waals surface area contributed by atoms with Gasteiger partial charge in [0.25, 0.3) is 0 Å². The predicted molar refractivity (Wildman–Crippen MR) is 84.7 cm³/mol. The highest BCUT2D eigenvalue weighted by atomic mass is 32.1. The van der Waals surface area contributed by atoms with Gasteiger partial charge in [0.2, 0.25) is 0 Å². The Morgan fingerprint density at radius 1 is 1.11 bits per heavy atom. The lowest BCUT2D eigenvalue weighted by Crippen LogP contribution is -2.38. The van der Waals surface area contributed by atoms with E-state index in [9.17, 15) is 0 Å². The highest BCUT2D eigenvalue weighted by Gasteiger charge is 2.36. The first-order chi connectivity index (χ1) is 9.15. The van der Waals surface area contributed by atoms with E-state index in [1.165, 1.54) is 16.0 Å². The fourth-order valence-corrected chi connectivity index (χ4v) is 3.81. The third-order valence-electron chi connectivity index (χ3n) is 4.44. The maximum Gasteiger partial charge on any atom is 0.0403 e. The fraction of sp³-hybridized carbons (Fsp3) is 0.412. The van der Waals surface area contributed by atoms with E-state index >= 15 is 0 Å². The Bertz CT molecular complexity index is 511. The lowest BCUT2D eigenvalue weighted by molar-refractivity contribution is 0.322. The summed E-state index contributed by atoms with van der Waals surface area (Å²) in [6.45, 7) is 6.66. The maximum atomic E-state index is 6.68. The molecule has 0 bridgehead atoms. The van der Waals surface area contributed by atoms with Gasteiger partial charge >= 0.3 is 0 Å². The van der Waals surface area contributed by atoms with Crippen LogP contribution in [-0.2, 0) is 5.41 Å². The molecule has 0 saturated heterocycles. The van der Waals surface area contributed by atoms with Gasteiger partial charge in [0.05, 0.1) is 0 Å². The number of rotatable bonds is 5. The van der Waals surface area contributed by atoms with Gasteiger partial charge < -0.3 is 5.73 Å². The molecule has 0 amide bonds. The molecule has 0 aliphatic heterocycles. The smallest absolute Gasteiger partial charge is 0.0403 e. The van der Waals surface area contributed by atoms with E-state index < -0.39 is 0 Å². The summed E-state index contributed by atoms with van der Waals surface area (Å²) in [6.07, 6.45) is 2.12. The average molecular weight is 273 g/mol. The number of hydrogen-bond donors (Lipinski definition) is 1. The van der Waals surface area contributed by atoms with Gasteiger partial charge in [-0.3, -0.25) is 0 Å². The number of nitrogens with two attached hydrogens (primary N) is 1. The fourth-order valence-electron chi connectivity index (χ4n) is 3.06. The van der Waals surface area contributed by atoms with E-state index in [4.69, 9.17) is 5.73 Å². The summed E-state index contributed by atoms with van der Waals surface area (Å²) >= 11 is 1.79. The molecule has 0 aliphatic rings. The first-order valence-corrected chi connectivity index (χ1v) is 7.88. The Labute approximate surface area is 120 Å². The molecule has 2 heteroatoms. The van der Waals surface area contributed by atoms with Crippen LogP contribution in [0.5, 0.6) is 0 Å². The third-order valence-corrected chi connectivity index (χ3v) is 5.30. The Balaban J connectivity index is 2.48. The third kappa shape index (κ3) is 2.47. The van der Waals surface area contributed by atoms with Crippen molar-refractivity contribution in [1.82, 2.24) is 0 Å². The number of thiophene rings is 1. The van der Waals surface area contributed by atoms with Crippen molar-refractivity contribution < 1.29 is 0 Å². The molecule has 1 aromatic carbocycles. The molecule has 2 rings (SSSR count). The minimum Gasteiger partial charge on any atom is -0.323 e. The molecule has 1 heterocycles. The van der Waals surface area contributed by atoms with Crippen molar-refractivity contribution in [3.05, 3.63) is 57.8 Å². The topological polar surface area (TPSA) is 26.0 Å². The molecule has 0 spiro atoms. The van der Waals surface area contributed by atoms with Gasteiger partial charge in [-0.2, -0.15) is 0 Å². The average Bonchev–Trinajstić information content (AvgIpc) is 2.88. The Morgan fingerprint density at radius 3 is 2.21 bits per heavy atom. The second-order valence-corrected chi connectivity index (χ2v) is 6.26. The number of aryl methyl sites for hydroxylation is 1. The summed E-state index contributed by atoms with van der Waals surface area (Å²) in [6, 6.07) is 13.0. The summed E-state index contributed by atoms with van der Waals surface area (Å²) in [4.78, 5) is 1.34. The minimum absolute atomic E-state index is 0.0348. The molecule has 2 aromatic rings. The van der Waals surface area contributed by atoms with Crippen LogP contribution >= 0.6 is 11.3 Å². The first-order valence-electron chi connectivity index (χ1n) is 7.00. The van der Waals surface area contributed by atoms with Crippen LogP contribution in [0.15, 0.2) is 41.8 Å². The Hall–Kier alpha value is -1.12. The molecule has 1 nitrogen and oxygen atoms in total. The molecule has 1 unspecified atom stereocenters. The first kappa shape index (κ1) is 14.3. The van der Waals surface area contributed by atoms with Crippen LogP contribution in [0.3, 0.4) is 0 Å². The number of hydrogen-bond acceptors (Lipinski definition) is 2. The highest BCUT2D eigenvalue weighted by molar-refractivity contribution is 7.10. The highest BCUT2D eigenvalue weighted by Crippen LogP contribution is 2.43. The maximum absolute atomic E-state index is 6.68. The van der Waals surface area contributed by atoms with Crippen molar-refractivity contribution in [2.45, 2.75) is 45.1 Å². The van der Waals surface area contributed by atoms with E-state index in [-0.39, 0.29) is 11.5 Å². The van der Waals surface area contributed by atoms with Gasteiger partial charge in [0.15, 0.2) is 0 Å². The summed E-state index contributed by atoms with van der Waals surface area (Å²) in [7, 11) is 0. The molecular formula is C17H23NS. The summed E-state index contributed by atoms with van der Waals surface area (Å²) in [5, 5.41) is 2.14. The lowest BCUT2D eigenvalue weighted by atomic mass is 9.68. The zero-order chi connectivity index (χ0) is 13.9. The van der Waals surface area contributed by atoms with E-state index in [1.54, 1.807) is 11.3 Å². The van der Waals surface area contributed by atoms with Gasteiger partial charge in [-0.25, -0.2) is 0 Å². The lowest BCUT2D eigenvalue weighted by Gasteiger charge is -2.38. The molecule has 0 radical (unpaired) electrons. The molecule has 2 N–H and O–H groups in total. The van der Waals surface area contributed by atoms with Crippen LogP contribution in [0.2, 0.25) is 0 Å². The SMILES string of the molecule is CCC(CC)(c1ccccc1)C(N)c1ccsc1C. The van der Waals surface area contributed by atoms with Gasteiger partial charge in [0, 0.05) is 16.3 Å². The van der Waals surface area contributed by atoms with Crippen LogP contribution in [0.25, 0.3) is 0 Å². The quantitative estimate of drug-likeness (QED) is 0.831. The largest absolute Gasteiger partial charge is 0.323 e. The molecule has 1 atom stereocenters. The molecule has 0 saturated carbocycles. The van der Waals surface area contributed by atoms with Crippen LogP contribution < -0.4 is 5.73 Å². The number of benzene rings is 1. The van der Waals surface area contributed by atoms with E-state index in [2.05, 4.69) is 62.5 Å². The van der Waals surface area contributed by atoms with Crippen LogP contribution in [-0.4, -0.2) is 0 Å². The van der Waals surface area contributed by atoms with Crippen LogP contribution in [0.4, 0.5) is 0 Å². The van der Waals surface area contributed by atoms with Crippen molar-refractivity contribution in [1.29, 1.82) is 0 Å². The molecule has 1 aromatic heterocycles. The van der Waals surface area contributed by atoms with Crippen LogP contribution in [0.1, 0.15) is 48.7 Å². The zero-order valence-corrected chi connectivity index (χ0v) is 12.8. The molecule has 102 valence electrons. The van der Waals surface area contributed by atoms with Gasteiger partial charge in [-0.1, -0.05) is 44.2 Å². The Kier molecular flexibility index (Phi) is 4.43. The van der Waals surface area contributed by atoms with Crippen molar-refractivity contribution in [2.75, 3.05) is 0 Å². The summed E-state index contributed by atoms with van der Waals surface area (Å²) < 4.78 is 0. The molecule has 19 heavy (non-hydrogen) atoms. The van der Waals surface area contributed by atoms with Crippen molar-refractivity contribution >= 4 is 11.3 Å². The minimum atomic E-state index is 0.0348. The standard InChI is InChI=1S/C17H23NS/c1-4-17(5-2,14-9-7-6-8-10-14)16(18)15-11-12-19-13(15)3/h6-12,16H,4-5,18H2,1-3H3. The predicted octanol–water partition coefficient (Wildman–Crippen LogP) is 4.81. The molecule has 0 fully saturated rings. The molecular weight excluding hydrogens is 250 g/mol. The van der Waals surface area contributed by atoms with Gasteiger partial charge in [-0.15, -0.1) is 11.3 Å². The van der Waals surface area contributed by atoms with Gasteiger partial charge in [0.1, 0.15) is 0 Å². The van der Waals surface area contributed by atoms with E-state index in [0.29, 0.717) is 0 Å². The second-order valence-electron chi connectivity index (χ2n) is 5.14. The van der Waals surface area contributed by atoms with E-state index in [1.807, 2.05) is 0 Å². The normalized spacial score (nSPS) is 13.5. The zero-order valence-electron chi connectivity index (χ0n) is 12.0. The van der Waals surface area contributed by atoms with E-state index in [0.717, 1.165) is 12.8 Å². The van der Waals surface area contributed by atoms with Crippen LogP contribution in [0, 0.1) is 6.92 Å². The van der Waals surface area contributed by atoms with Crippen molar-refractivity contribution in [2.24, 2.45) is 5.73 Å². The molecule has 0 aliphatic carbocycles. The summed E-state index contributed by atoms with van der Waals surface area (Å²) in [5.74, 6) is 0. The Morgan fingerprint density at radius 2 is 1.74 bits per heavy atom.